The zero-order valence-electron chi connectivity index (χ0n) is 19.4. The fraction of sp³-hybridized carbons (Fsp3) is 0.321. The van der Waals surface area contributed by atoms with Gasteiger partial charge >= 0.3 is 0 Å². The van der Waals surface area contributed by atoms with Gasteiger partial charge in [-0.1, -0.05) is 54.6 Å². The Bertz CT molecular complexity index is 1370. The lowest BCUT2D eigenvalue weighted by atomic mass is 9.94. The number of carbonyl (C=O) groups is 1. The third kappa shape index (κ3) is 3.84. The van der Waals surface area contributed by atoms with E-state index in [9.17, 15) is 4.79 Å². The Balaban J connectivity index is 1.37. The summed E-state index contributed by atoms with van der Waals surface area (Å²) in [4.78, 5) is 24.2. The van der Waals surface area contributed by atoms with Crippen LogP contribution in [0.2, 0.25) is 0 Å². The molecule has 2 aliphatic heterocycles. The second-order valence-electron chi connectivity index (χ2n) is 9.64. The van der Waals surface area contributed by atoms with Crippen LogP contribution in [0.1, 0.15) is 16.8 Å². The van der Waals surface area contributed by atoms with Crippen LogP contribution in [0, 0.1) is 0 Å². The maximum Gasteiger partial charge on any atom is 0.240 e. The van der Waals surface area contributed by atoms with Gasteiger partial charge in [-0.05, 0) is 57.4 Å². The molecule has 1 aromatic heterocycles. The molecule has 2 aliphatic rings. The molecule has 1 saturated heterocycles. The van der Waals surface area contributed by atoms with E-state index < -0.39 is 0 Å². The highest BCUT2D eigenvalue weighted by atomic mass is 79.9. The van der Waals surface area contributed by atoms with Gasteiger partial charge in [0.05, 0.1) is 6.04 Å². The molecule has 1 atom stereocenters. The van der Waals surface area contributed by atoms with Gasteiger partial charge in [-0.3, -0.25) is 9.69 Å². The van der Waals surface area contributed by atoms with E-state index in [0.29, 0.717) is 0 Å². The maximum atomic E-state index is 13.9. The molecule has 0 unspecified atom stereocenters. The number of H-pyrrole nitrogens is 1. The number of nitrogens with zero attached hydrogens (tertiary/aromatic N) is 3. The first-order valence-electron chi connectivity index (χ1n) is 12.0. The third-order valence-electron chi connectivity index (χ3n) is 7.52. The minimum absolute atomic E-state index is 0.159. The number of aromatic amines is 1. The third-order valence-corrected chi connectivity index (χ3v) is 8.45. The first kappa shape index (κ1) is 21.8. The van der Waals surface area contributed by atoms with Gasteiger partial charge in [0.2, 0.25) is 5.91 Å². The number of fused-ring (bicyclic) bond motifs is 4. The molecule has 174 valence electrons. The van der Waals surface area contributed by atoms with Crippen molar-refractivity contribution in [2.45, 2.75) is 25.6 Å². The number of para-hydroxylation sites is 1. The van der Waals surface area contributed by atoms with Crippen LogP contribution >= 0.6 is 15.9 Å². The summed E-state index contributed by atoms with van der Waals surface area (Å²) in [6.45, 7) is 4.96. The van der Waals surface area contributed by atoms with Crippen molar-refractivity contribution >= 4 is 43.5 Å². The van der Waals surface area contributed by atoms with Crippen LogP contribution in [-0.4, -0.2) is 64.9 Å². The Labute approximate surface area is 208 Å². The highest BCUT2D eigenvalue weighted by molar-refractivity contribution is 9.10. The Kier molecular flexibility index (Phi) is 5.68. The molecule has 34 heavy (non-hydrogen) atoms. The van der Waals surface area contributed by atoms with Crippen LogP contribution < -0.4 is 0 Å². The van der Waals surface area contributed by atoms with Crippen molar-refractivity contribution in [2.24, 2.45) is 0 Å². The molecule has 1 N–H and O–H groups in total. The second kappa shape index (κ2) is 8.84. The summed E-state index contributed by atoms with van der Waals surface area (Å²) in [7, 11) is 2.13. The number of benzene rings is 3. The fourth-order valence-electron chi connectivity index (χ4n) is 5.53. The van der Waals surface area contributed by atoms with E-state index in [2.05, 4.69) is 103 Å². The Morgan fingerprint density at radius 2 is 1.71 bits per heavy atom. The number of rotatable bonds is 3. The van der Waals surface area contributed by atoms with Gasteiger partial charge in [-0.25, -0.2) is 0 Å². The highest BCUT2D eigenvalue weighted by Gasteiger charge is 2.36. The van der Waals surface area contributed by atoms with E-state index in [4.69, 9.17) is 0 Å². The molecule has 6 rings (SSSR count). The Morgan fingerprint density at radius 1 is 0.971 bits per heavy atom. The number of aromatic nitrogens is 1. The number of piperazine rings is 1. The van der Waals surface area contributed by atoms with Crippen LogP contribution in [0.15, 0.2) is 65.1 Å². The number of halogens is 1. The zero-order chi connectivity index (χ0) is 23.2. The predicted octanol–water partition coefficient (Wildman–Crippen LogP) is 4.78. The molecular weight excluding hydrogens is 488 g/mol. The molecule has 0 bridgehead atoms. The summed E-state index contributed by atoms with van der Waals surface area (Å²) >= 11 is 3.87. The van der Waals surface area contributed by atoms with Crippen molar-refractivity contribution in [3.63, 3.8) is 0 Å². The largest absolute Gasteiger partial charge is 0.357 e. The summed E-state index contributed by atoms with van der Waals surface area (Å²) in [6, 6.07) is 21.1. The number of carbonyl (C=O) groups excluding carboxylic acids is 1. The van der Waals surface area contributed by atoms with Gasteiger partial charge in [0.15, 0.2) is 0 Å². The molecule has 0 saturated carbocycles. The molecule has 3 aromatic carbocycles. The van der Waals surface area contributed by atoms with Crippen LogP contribution in [0.25, 0.3) is 21.7 Å². The number of hydrogen-bond donors (Lipinski definition) is 1. The number of amides is 1. The quantitative estimate of drug-likeness (QED) is 0.425. The van der Waals surface area contributed by atoms with Crippen molar-refractivity contribution in [1.29, 1.82) is 0 Å². The van der Waals surface area contributed by atoms with E-state index in [1.807, 2.05) is 0 Å². The Hall–Kier alpha value is -2.67. The van der Waals surface area contributed by atoms with Gasteiger partial charge in [0, 0.05) is 60.3 Å². The predicted molar refractivity (Wildman–Crippen MR) is 141 cm³/mol. The van der Waals surface area contributed by atoms with Crippen molar-refractivity contribution < 1.29 is 4.79 Å². The van der Waals surface area contributed by atoms with Crippen LogP contribution in [-0.2, 0) is 24.3 Å². The van der Waals surface area contributed by atoms with E-state index in [1.165, 1.54) is 33.0 Å². The smallest absolute Gasteiger partial charge is 0.240 e. The van der Waals surface area contributed by atoms with Crippen molar-refractivity contribution in [2.75, 3.05) is 33.2 Å². The summed E-state index contributed by atoms with van der Waals surface area (Å²) < 4.78 is 1.12. The van der Waals surface area contributed by atoms with Crippen molar-refractivity contribution in [3.05, 3.63) is 82.0 Å². The monoisotopic (exact) mass is 516 g/mol. The molecule has 5 nitrogen and oxygen atoms in total. The maximum absolute atomic E-state index is 13.9. The Morgan fingerprint density at radius 3 is 2.53 bits per heavy atom. The normalized spacial score (nSPS) is 19.6. The summed E-state index contributed by atoms with van der Waals surface area (Å²) in [5.74, 6) is 0.265. The van der Waals surface area contributed by atoms with Crippen molar-refractivity contribution in [1.82, 2.24) is 19.7 Å². The molecule has 0 aliphatic carbocycles. The first-order valence-corrected chi connectivity index (χ1v) is 12.8. The molecule has 1 amide bonds. The van der Waals surface area contributed by atoms with Gasteiger partial charge in [-0.15, -0.1) is 0 Å². The van der Waals surface area contributed by atoms with Gasteiger partial charge in [-0.2, -0.15) is 0 Å². The minimum Gasteiger partial charge on any atom is -0.357 e. The second-order valence-corrected chi connectivity index (χ2v) is 10.4. The summed E-state index contributed by atoms with van der Waals surface area (Å²) in [5, 5.41) is 3.69. The number of likely N-dealkylation sites (N-methyl/N-ethyl adjacent to an activating group) is 1. The lowest BCUT2D eigenvalue weighted by Gasteiger charge is -2.40. The van der Waals surface area contributed by atoms with E-state index in [1.54, 1.807) is 0 Å². The van der Waals surface area contributed by atoms with E-state index in [0.717, 1.165) is 55.7 Å². The molecule has 0 spiro atoms. The molecule has 6 heteroatoms. The van der Waals surface area contributed by atoms with Gasteiger partial charge < -0.3 is 14.8 Å². The average Bonchev–Trinajstić information content (AvgIpc) is 3.23. The summed E-state index contributed by atoms with van der Waals surface area (Å²) in [5.41, 5.74) is 4.92. The standard InChI is InChI=1S/C28H29BrN4O/c1-31-12-14-32(15-13-31)28(34)26-16-23-22-8-4-5-9-24(22)30-25(23)18-33(26)17-20-11-10-19-6-2-3-7-21(19)27(20)29/h2-11,26,30H,12-18H2,1H3/t26-/m1/s1. The van der Waals surface area contributed by atoms with Crippen molar-refractivity contribution in [3.8, 4) is 0 Å². The average molecular weight is 517 g/mol. The SMILES string of the molecule is CN1CCN(C(=O)[C@H]2Cc3c([nH]c4ccccc34)CN2Cc2ccc3ccccc3c2Br)CC1. The molecule has 1 fully saturated rings. The molecular formula is C28H29BrN4O. The summed E-state index contributed by atoms with van der Waals surface area (Å²) in [6.07, 6.45) is 0.746. The number of hydrogen-bond acceptors (Lipinski definition) is 3. The topological polar surface area (TPSA) is 42.6 Å². The highest BCUT2D eigenvalue weighted by Crippen LogP contribution is 2.34. The molecule has 0 radical (unpaired) electrons. The van der Waals surface area contributed by atoms with Gasteiger partial charge in [0.25, 0.3) is 0 Å². The number of nitrogens with one attached hydrogen (secondary N) is 1. The molecule has 3 heterocycles. The van der Waals surface area contributed by atoms with Crippen LogP contribution in [0.3, 0.4) is 0 Å². The van der Waals surface area contributed by atoms with Crippen LogP contribution in [0.4, 0.5) is 0 Å². The first-order chi connectivity index (χ1) is 16.6. The van der Waals surface area contributed by atoms with E-state index in [-0.39, 0.29) is 11.9 Å². The van der Waals surface area contributed by atoms with Crippen LogP contribution in [0.5, 0.6) is 0 Å². The molecule has 4 aromatic rings. The lowest BCUT2D eigenvalue weighted by Crippen LogP contribution is -2.55. The fourth-order valence-corrected chi connectivity index (χ4v) is 6.15. The van der Waals surface area contributed by atoms with Gasteiger partial charge in [0.1, 0.15) is 0 Å². The van der Waals surface area contributed by atoms with E-state index >= 15 is 0 Å². The zero-order valence-corrected chi connectivity index (χ0v) is 21.0. The lowest BCUT2D eigenvalue weighted by molar-refractivity contribution is -0.139. The minimum atomic E-state index is -0.159.